The number of nitrogens with zero attached hydrogens (tertiary/aromatic N) is 2. The number of nitro groups is 1. The average Bonchev–Trinajstić information content (AvgIpc) is 2.46. The minimum Gasteiger partial charge on any atom is -0.374 e. The Morgan fingerprint density at radius 2 is 1.95 bits per heavy atom. The lowest BCUT2D eigenvalue weighted by Gasteiger charge is -2.09. The summed E-state index contributed by atoms with van der Waals surface area (Å²) in [5.74, 6) is 0. The van der Waals surface area contributed by atoms with E-state index in [-0.39, 0.29) is 17.8 Å². The van der Waals surface area contributed by atoms with Crippen LogP contribution in [-0.2, 0) is 6.54 Å². The van der Waals surface area contributed by atoms with Gasteiger partial charge in [-0.2, -0.15) is 0 Å². The molecule has 0 amide bonds. The number of aromatic nitrogens is 1. The molecular weight excluding hydrogens is 348 g/mol. The van der Waals surface area contributed by atoms with Gasteiger partial charge in [0.15, 0.2) is 0 Å². The van der Waals surface area contributed by atoms with E-state index in [4.69, 9.17) is 0 Å². The van der Waals surface area contributed by atoms with Gasteiger partial charge in [0.05, 0.1) is 9.40 Å². The summed E-state index contributed by atoms with van der Waals surface area (Å²) in [6.45, 7) is 0.271. The van der Waals surface area contributed by atoms with Crippen molar-refractivity contribution < 1.29 is 13.7 Å². The maximum atomic E-state index is 12.4. The van der Waals surface area contributed by atoms with Crippen LogP contribution in [0.1, 0.15) is 17.6 Å². The van der Waals surface area contributed by atoms with Gasteiger partial charge in [0.25, 0.3) is 6.43 Å². The second kappa shape index (κ2) is 6.57. The number of halogens is 3. The van der Waals surface area contributed by atoms with E-state index in [0.717, 1.165) is 11.8 Å². The first-order chi connectivity index (χ1) is 9.99. The maximum absolute atomic E-state index is 12.4. The molecule has 0 aliphatic carbocycles. The summed E-state index contributed by atoms with van der Waals surface area (Å²) in [6.07, 6.45) is 0.0739. The van der Waals surface area contributed by atoms with E-state index in [1.165, 1.54) is 18.3 Å². The monoisotopic (exact) mass is 357 g/mol. The standard InChI is InChI=1S/C13H10BrF2N3O2/c14-10-6-17-7-11(19(20)21)12(10)18-5-8-1-3-9(4-2-8)13(15)16/h1-4,6-7,13H,5H2,(H,17,18). The molecule has 1 N–H and O–H groups in total. The molecule has 0 radical (unpaired) electrons. The molecule has 0 saturated carbocycles. The number of pyridine rings is 1. The van der Waals surface area contributed by atoms with Gasteiger partial charge >= 0.3 is 5.69 Å². The lowest BCUT2D eigenvalue weighted by Crippen LogP contribution is -2.04. The average molecular weight is 358 g/mol. The van der Waals surface area contributed by atoms with Gasteiger partial charge < -0.3 is 5.32 Å². The molecule has 0 unspecified atom stereocenters. The lowest BCUT2D eigenvalue weighted by molar-refractivity contribution is -0.384. The molecule has 110 valence electrons. The normalized spacial score (nSPS) is 10.7. The Hall–Kier alpha value is -2.09. The van der Waals surface area contributed by atoms with Crippen molar-refractivity contribution in [2.45, 2.75) is 13.0 Å². The summed E-state index contributed by atoms with van der Waals surface area (Å²) in [6, 6.07) is 5.76. The minimum absolute atomic E-state index is 0.0603. The predicted octanol–water partition coefficient (Wildman–Crippen LogP) is 4.30. The summed E-state index contributed by atoms with van der Waals surface area (Å²) in [5, 5.41) is 13.8. The Bertz CT molecular complexity index is 650. The Kier molecular flexibility index (Phi) is 4.79. The van der Waals surface area contributed by atoms with Crippen LogP contribution in [0, 0.1) is 10.1 Å². The van der Waals surface area contributed by atoms with Crippen molar-refractivity contribution in [1.82, 2.24) is 4.98 Å². The van der Waals surface area contributed by atoms with Crippen molar-refractivity contribution in [1.29, 1.82) is 0 Å². The number of hydrogen-bond donors (Lipinski definition) is 1. The molecule has 0 fully saturated rings. The third-order valence-corrected chi connectivity index (χ3v) is 3.38. The van der Waals surface area contributed by atoms with Crippen molar-refractivity contribution in [3.8, 4) is 0 Å². The molecule has 8 heteroatoms. The van der Waals surface area contributed by atoms with Gasteiger partial charge in [-0.15, -0.1) is 0 Å². The van der Waals surface area contributed by atoms with E-state index in [2.05, 4.69) is 26.2 Å². The van der Waals surface area contributed by atoms with Crippen molar-refractivity contribution in [3.63, 3.8) is 0 Å². The topological polar surface area (TPSA) is 68.1 Å². The third kappa shape index (κ3) is 3.72. The lowest BCUT2D eigenvalue weighted by atomic mass is 10.1. The Labute approximate surface area is 127 Å². The number of hydrogen-bond acceptors (Lipinski definition) is 4. The molecule has 1 heterocycles. The van der Waals surface area contributed by atoms with E-state index in [1.54, 1.807) is 12.1 Å². The maximum Gasteiger partial charge on any atom is 0.311 e. The SMILES string of the molecule is O=[N+]([O-])c1cncc(Br)c1NCc1ccc(C(F)F)cc1. The van der Waals surface area contributed by atoms with Crippen molar-refractivity contribution >= 4 is 27.3 Å². The van der Waals surface area contributed by atoms with Crippen LogP contribution in [0.15, 0.2) is 41.1 Å². The van der Waals surface area contributed by atoms with Crippen LogP contribution in [0.5, 0.6) is 0 Å². The Morgan fingerprint density at radius 1 is 1.29 bits per heavy atom. The quantitative estimate of drug-likeness (QED) is 0.639. The van der Waals surface area contributed by atoms with E-state index in [0.29, 0.717) is 10.2 Å². The molecule has 1 aromatic heterocycles. The zero-order chi connectivity index (χ0) is 15.4. The fraction of sp³-hybridized carbons (Fsp3) is 0.154. The highest BCUT2D eigenvalue weighted by Gasteiger charge is 2.17. The highest BCUT2D eigenvalue weighted by Crippen LogP contribution is 2.31. The molecule has 2 rings (SSSR count). The zero-order valence-electron chi connectivity index (χ0n) is 10.6. The van der Waals surface area contributed by atoms with Crippen LogP contribution >= 0.6 is 15.9 Å². The molecule has 21 heavy (non-hydrogen) atoms. The van der Waals surface area contributed by atoms with Crippen LogP contribution in [0.3, 0.4) is 0 Å². The molecule has 0 aliphatic heterocycles. The van der Waals surface area contributed by atoms with Gasteiger partial charge in [-0.05, 0) is 21.5 Å². The molecule has 2 aromatic rings. The summed E-state index contributed by atoms with van der Waals surface area (Å²) in [4.78, 5) is 14.1. The highest BCUT2D eigenvalue weighted by atomic mass is 79.9. The third-order valence-electron chi connectivity index (χ3n) is 2.78. The molecule has 0 spiro atoms. The summed E-state index contributed by atoms with van der Waals surface area (Å²) in [7, 11) is 0. The summed E-state index contributed by atoms with van der Waals surface area (Å²) >= 11 is 3.19. The number of anilines is 1. The van der Waals surface area contributed by atoms with Crippen LogP contribution in [0.25, 0.3) is 0 Å². The van der Waals surface area contributed by atoms with Gasteiger partial charge in [-0.25, -0.2) is 8.78 Å². The van der Waals surface area contributed by atoms with E-state index in [9.17, 15) is 18.9 Å². The van der Waals surface area contributed by atoms with Crippen LogP contribution in [0.4, 0.5) is 20.2 Å². The second-order valence-corrected chi connectivity index (χ2v) is 5.02. The van der Waals surface area contributed by atoms with Gasteiger partial charge in [0.2, 0.25) is 0 Å². The summed E-state index contributed by atoms with van der Waals surface area (Å²) in [5.41, 5.74) is 0.814. The van der Waals surface area contributed by atoms with Gasteiger partial charge in [0, 0.05) is 18.3 Å². The molecule has 0 saturated heterocycles. The summed E-state index contributed by atoms with van der Waals surface area (Å²) < 4.78 is 25.3. The number of nitrogens with one attached hydrogen (secondary N) is 1. The molecular formula is C13H10BrF2N3O2. The number of alkyl halides is 2. The van der Waals surface area contributed by atoms with Crippen molar-refractivity contribution in [2.75, 3.05) is 5.32 Å². The van der Waals surface area contributed by atoms with E-state index < -0.39 is 11.3 Å². The first-order valence-corrected chi connectivity index (χ1v) is 6.67. The molecule has 1 aromatic carbocycles. The minimum atomic E-state index is -2.51. The molecule has 0 bridgehead atoms. The van der Waals surface area contributed by atoms with Gasteiger partial charge in [-0.1, -0.05) is 24.3 Å². The van der Waals surface area contributed by atoms with E-state index >= 15 is 0 Å². The Balaban J connectivity index is 2.15. The smallest absolute Gasteiger partial charge is 0.311 e. The number of rotatable bonds is 5. The predicted molar refractivity (Wildman–Crippen MR) is 77.3 cm³/mol. The fourth-order valence-corrected chi connectivity index (χ4v) is 2.17. The largest absolute Gasteiger partial charge is 0.374 e. The van der Waals surface area contributed by atoms with Gasteiger partial charge in [-0.3, -0.25) is 15.1 Å². The number of benzene rings is 1. The fourth-order valence-electron chi connectivity index (χ4n) is 1.71. The highest BCUT2D eigenvalue weighted by molar-refractivity contribution is 9.10. The molecule has 5 nitrogen and oxygen atoms in total. The van der Waals surface area contributed by atoms with Crippen LogP contribution < -0.4 is 5.32 Å². The van der Waals surface area contributed by atoms with Crippen LogP contribution in [-0.4, -0.2) is 9.91 Å². The molecule has 0 aliphatic rings. The first-order valence-electron chi connectivity index (χ1n) is 5.88. The molecule has 0 atom stereocenters. The zero-order valence-corrected chi connectivity index (χ0v) is 12.2. The first kappa shape index (κ1) is 15.3. The van der Waals surface area contributed by atoms with Crippen LogP contribution in [0.2, 0.25) is 0 Å². The van der Waals surface area contributed by atoms with Crippen molar-refractivity contribution in [2.24, 2.45) is 0 Å². The second-order valence-electron chi connectivity index (χ2n) is 4.17. The van der Waals surface area contributed by atoms with Gasteiger partial charge in [0.1, 0.15) is 11.9 Å². The Morgan fingerprint density at radius 3 is 2.52 bits per heavy atom. The van der Waals surface area contributed by atoms with Crippen molar-refractivity contribution in [3.05, 3.63) is 62.4 Å². The van der Waals surface area contributed by atoms with E-state index in [1.807, 2.05) is 0 Å².